The van der Waals surface area contributed by atoms with Gasteiger partial charge in [-0.2, -0.15) is 12.8 Å². The van der Waals surface area contributed by atoms with Crippen LogP contribution < -0.4 is 51.4 Å². The van der Waals surface area contributed by atoms with Gasteiger partial charge in [0, 0.05) is 13.1 Å². The molecule has 0 aliphatic carbocycles. The fraction of sp³-hybridized carbons (Fsp3) is 0.909. The Balaban J connectivity index is 0.000000980. The topological polar surface area (TPSA) is 6.48 Å². The van der Waals surface area contributed by atoms with Crippen LogP contribution in [0.15, 0.2) is 0 Å². The number of hydrogen-bond donors (Lipinski definition) is 0. The van der Waals surface area contributed by atoms with Crippen molar-refractivity contribution in [3.63, 3.8) is 0 Å². The maximum atomic E-state index is 2.64. The predicted octanol–water partition coefficient (Wildman–Crippen LogP) is -1.76. The Hall–Kier alpha value is 1.56. The molecule has 2 aliphatic heterocycles. The third kappa shape index (κ3) is 4.20. The number of rotatable bonds is 2. The van der Waals surface area contributed by atoms with E-state index in [-0.39, 0.29) is 51.4 Å². The van der Waals surface area contributed by atoms with Crippen LogP contribution in [0.1, 0.15) is 19.3 Å². The van der Waals surface area contributed by atoms with Crippen LogP contribution in [0.3, 0.4) is 0 Å². The van der Waals surface area contributed by atoms with E-state index in [4.69, 9.17) is 0 Å². The second-order valence-electron chi connectivity index (χ2n) is 4.58. The molecule has 2 rings (SSSR count). The summed E-state index contributed by atoms with van der Waals surface area (Å²) < 4.78 is 0. The summed E-state index contributed by atoms with van der Waals surface area (Å²) in [6, 6.07) is 0. The average Bonchev–Trinajstić information content (AvgIpc) is 2.53. The molecule has 76 valence electrons. The Bertz CT molecular complexity index is 155. The molecule has 0 aromatic heterocycles. The predicted molar refractivity (Wildman–Crippen MR) is 55.6 cm³/mol. The Morgan fingerprint density at radius 2 is 1.93 bits per heavy atom. The van der Waals surface area contributed by atoms with Crippen LogP contribution in [0.5, 0.6) is 0 Å². The second-order valence-corrected chi connectivity index (χ2v) is 4.58. The van der Waals surface area contributed by atoms with Crippen LogP contribution in [0, 0.1) is 12.3 Å². The molecule has 0 aromatic carbocycles. The molecule has 14 heavy (non-hydrogen) atoms. The molecule has 2 saturated heterocycles. The van der Waals surface area contributed by atoms with Crippen molar-refractivity contribution < 1.29 is 51.4 Å². The molecule has 0 saturated carbocycles. The monoisotopic (exact) mass is 220 g/mol. The van der Waals surface area contributed by atoms with Crippen LogP contribution in [-0.4, -0.2) is 49.6 Å². The first-order valence-corrected chi connectivity index (χ1v) is 5.57. The van der Waals surface area contributed by atoms with E-state index in [1.165, 1.54) is 52.0 Å². The molecule has 0 unspecified atom stereocenters. The number of likely N-dealkylation sites (tertiary alicyclic amines) is 2. The number of hydrogen-bond acceptors (Lipinski definition) is 2. The standard InChI is InChI=1S/C11H21N2.K/c1-12-8-5-11(9-12)10-13-6-3-2-4-7-13;/h2,11H,3-10H2,1H3;/q-1;+1/t11-;/m1./s1. The molecule has 1 atom stereocenters. The van der Waals surface area contributed by atoms with Crippen molar-refractivity contribution in [2.45, 2.75) is 19.3 Å². The smallest absolute Gasteiger partial charge is 0.326 e. The molecular weight excluding hydrogens is 199 g/mol. The molecule has 0 spiro atoms. The summed E-state index contributed by atoms with van der Waals surface area (Å²) >= 11 is 0. The summed E-state index contributed by atoms with van der Waals surface area (Å²) in [6.45, 7) is 6.59. The van der Waals surface area contributed by atoms with Crippen molar-refractivity contribution >= 4 is 0 Å². The first kappa shape index (κ1) is 13.6. The maximum Gasteiger partial charge on any atom is 1.00 e. The largest absolute Gasteiger partial charge is 1.00 e. The summed E-state index contributed by atoms with van der Waals surface area (Å²) in [6.07, 6.45) is 6.46. The summed E-state index contributed by atoms with van der Waals surface area (Å²) in [5, 5.41) is 0. The van der Waals surface area contributed by atoms with E-state index in [2.05, 4.69) is 23.3 Å². The van der Waals surface area contributed by atoms with Gasteiger partial charge in [0.05, 0.1) is 0 Å². The quantitative estimate of drug-likeness (QED) is 0.402. The van der Waals surface area contributed by atoms with E-state index >= 15 is 0 Å². The van der Waals surface area contributed by atoms with Crippen molar-refractivity contribution in [3.05, 3.63) is 6.42 Å². The zero-order chi connectivity index (χ0) is 9.10. The van der Waals surface area contributed by atoms with Crippen molar-refractivity contribution in [3.8, 4) is 0 Å². The van der Waals surface area contributed by atoms with Crippen LogP contribution in [-0.2, 0) is 0 Å². The minimum atomic E-state index is 0. The summed E-state index contributed by atoms with van der Waals surface area (Å²) in [5.74, 6) is 0.947. The van der Waals surface area contributed by atoms with Gasteiger partial charge in [0.25, 0.3) is 0 Å². The van der Waals surface area contributed by atoms with Crippen molar-refractivity contribution in [2.75, 3.05) is 39.8 Å². The molecule has 2 heterocycles. The normalized spacial score (nSPS) is 30.2. The van der Waals surface area contributed by atoms with Crippen LogP contribution in [0.2, 0.25) is 0 Å². The maximum absolute atomic E-state index is 2.64. The third-order valence-electron chi connectivity index (χ3n) is 3.30. The van der Waals surface area contributed by atoms with Gasteiger partial charge in [0.1, 0.15) is 0 Å². The zero-order valence-electron chi connectivity index (χ0n) is 9.71. The van der Waals surface area contributed by atoms with E-state index in [0.29, 0.717) is 0 Å². The molecule has 0 aromatic rings. The molecule has 2 aliphatic rings. The molecule has 0 bridgehead atoms. The van der Waals surface area contributed by atoms with Crippen LogP contribution in [0.25, 0.3) is 0 Å². The van der Waals surface area contributed by atoms with Gasteiger partial charge in [-0.15, -0.1) is 0 Å². The molecular formula is C11H21KN2. The molecule has 0 radical (unpaired) electrons. The summed E-state index contributed by atoms with van der Waals surface area (Å²) in [4.78, 5) is 5.10. The van der Waals surface area contributed by atoms with E-state index in [1.54, 1.807) is 0 Å². The second kappa shape index (κ2) is 6.99. The Morgan fingerprint density at radius 3 is 2.50 bits per heavy atom. The first-order valence-electron chi connectivity index (χ1n) is 5.57. The van der Waals surface area contributed by atoms with Gasteiger partial charge in [-0.05, 0) is 39.0 Å². The average molecular weight is 220 g/mol. The molecule has 3 heteroatoms. The van der Waals surface area contributed by atoms with Crippen molar-refractivity contribution in [1.82, 2.24) is 9.80 Å². The van der Waals surface area contributed by atoms with E-state index in [1.807, 2.05) is 0 Å². The minimum Gasteiger partial charge on any atom is -0.326 e. The zero-order valence-corrected chi connectivity index (χ0v) is 12.8. The fourth-order valence-corrected chi connectivity index (χ4v) is 2.53. The Morgan fingerprint density at radius 1 is 1.21 bits per heavy atom. The Kier molecular flexibility index (Phi) is 6.81. The van der Waals surface area contributed by atoms with Gasteiger partial charge < -0.3 is 16.2 Å². The van der Waals surface area contributed by atoms with E-state index < -0.39 is 0 Å². The molecule has 2 fully saturated rings. The number of nitrogens with zero attached hydrogens (tertiary/aromatic N) is 2. The van der Waals surface area contributed by atoms with E-state index in [9.17, 15) is 0 Å². The van der Waals surface area contributed by atoms with Gasteiger partial charge in [0.2, 0.25) is 0 Å². The SMILES string of the molecule is CN1CC[C@@H](CN2CC[CH-]CC2)C1.[K+]. The minimum absolute atomic E-state index is 0. The Labute approximate surface area is 131 Å². The fourth-order valence-electron chi connectivity index (χ4n) is 2.53. The summed E-state index contributed by atoms with van der Waals surface area (Å²) in [5.41, 5.74) is 0. The molecule has 0 amide bonds. The van der Waals surface area contributed by atoms with Gasteiger partial charge in [-0.3, -0.25) is 0 Å². The molecule has 0 N–H and O–H groups in total. The van der Waals surface area contributed by atoms with Gasteiger partial charge >= 0.3 is 51.4 Å². The van der Waals surface area contributed by atoms with Crippen molar-refractivity contribution in [1.29, 1.82) is 0 Å². The van der Waals surface area contributed by atoms with Crippen LogP contribution in [0.4, 0.5) is 0 Å². The summed E-state index contributed by atoms with van der Waals surface area (Å²) in [7, 11) is 2.24. The van der Waals surface area contributed by atoms with E-state index in [0.717, 1.165) is 5.92 Å². The third-order valence-corrected chi connectivity index (χ3v) is 3.30. The van der Waals surface area contributed by atoms with Gasteiger partial charge in [0.15, 0.2) is 0 Å². The van der Waals surface area contributed by atoms with Gasteiger partial charge in [-0.1, -0.05) is 0 Å². The van der Waals surface area contributed by atoms with Gasteiger partial charge in [-0.25, -0.2) is 0 Å². The number of piperidine rings is 1. The van der Waals surface area contributed by atoms with Crippen molar-refractivity contribution in [2.24, 2.45) is 5.92 Å². The first-order chi connectivity index (χ1) is 6.34. The van der Waals surface area contributed by atoms with Crippen LogP contribution >= 0.6 is 0 Å². The molecule has 2 nitrogen and oxygen atoms in total.